The first-order chi connectivity index (χ1) is 10.1. The molecule has 0 amide bonds. The van der Waals surface area contributed by atoms with Crippen molar-refractivity contribution in [3.8, 4) is 5.75 Å². The van der Waals surface area contributed by atoms with Gasteiger partial charge in [-0.05, 0) is 31.2 Å². The topological polar surface area (TPSA) is 111 Å². The predicted molar refractivity (Wildman–Crippen MR) is 75.0 cm³/mol. The van der Waals surface area contributed by atoms with Crippen molar-refractivity contribution in [1.29, 1.82) is 0 Å². The van der Waals surface area contributed by atoms with Crippen molar-refractivity contribution >= 4 is 5.69 Å². The van der Waals surface area contributed by atoms with E-state index in [0.29, 0.717) is 12.3 Å². The molecule has 0 radical (unpaired) electrons. The molecule has 21 heavy (non-hydrogen) atoms. The van der Waals surface area contributed by atoms with E-state index in [1.165, 1.54) is 0 Å². The van der Waals surface area contributed by atoms with Crippen molar-refractivity contribution in [2.24, 2.45) is 0 Å². The van der Waals surface area contributed by atoms with Gasteiger partial charge >= 0.3 is 0 Å². The monoisotopic (exact) mass is 299 g/mol. The van der Waals surface area contributed by atoms with Crippen LogP contribution in [0.3, 0.4) is 0 Å². The molecule has 1 fully saturated rings. The molecule has 1 aromatic rings. The molecule has 2 rings (SSSR count). The van der Waals surface area contributed by atoms with Crippen molar-refractivity contribution in [3.63, 3.8) is 0 Å². The van der Waals surface area contributed by atoms with Crippen LogP contribution in [0, 0.1) is 0 Å². The van der Waals surface area contributed by atoms with Crippen molar-refractivity contribution in [3.05, 3.63) is 24.3 Å². The SMILES string of the molecule is CCOc1ccc(N[C@H]2O[C@@H](CO)[C@@H](O)[C@@H](O)[C@@H]2O)cc1. The van der Waals surface area contributed by atoms with Gasteiger partial charge in [-0.25, -0.2) is 0 Å². The van der Waals surface area contributed by atoms with Crippen LogP contribution in [-0.4, -0.2) is 64.3 Å². The van der Waals surface area contributed by atoms with Crippen LogP contribution in [0.2, 0.25) is 0 Å². The maximum Gasteiger partial charge on any atom is 0.157 e. The Kier molecular flexibility index (Phi) is 5.38. The smallest absolute Gasteiger partial charge is 0.157 e. The number of rotatable bonds is 5. The largest absolute Gasteiger partial charge is 0.494 e. The molecule has 1 saturated heterocycles. The third kappa shape index (κ3) is 3.63. The molecular weight excluding hydrogens is 278 g/mol. The Balaban J connectivity index is 2.03. The number of ether oxygens (including phenoxy) is 2. The van der Waals surface area contributed by atoms with Crippen LogP contribution in [0.25, 0.3) is 0 Å². The first-order valence-corrected chi connectivity index (χ1v) is 6.86. The second kappa shape index (κ2) is 7.06. The molecule has 7 heteroatoms. The van der Waals surface area contributed by atoms with Gasteiger partial charge in [-0.3, -0.25) is 0 Å². The van der Waals surface area contributed by atoms with E-state index in [9.17, 15) is 15.3 Å². The third-order valence-corrected chi connectivity index (χ3v) is 3.37. The fourth-order valence-corrected chi connectivity index (χ4v) is 2.20. The molecule has 1 aliphatic heterocycles. The third-order valence-electron chi connectivity index (χ3n) is 3.37. The van der Waals surface area contributed by atoms with Gasteiger partial charge in [0.2, 0.25) is 0 Å². The van der Waals surface area contributed by atoms with Crippen LogP contribution in [-0.2, 0) is 4.74 Å². The maximum absolute atomic E-state index is 9.92. The summed E-state index contributed by atoms with van der Waals surface area (Å²) in [5, 5.41) is 41.4. The average Bonchev–Trinajstić information content (AvgIpc) is 2.50. The summed E-state index contributed by atoms with van der Waals surface area (Å²) >= 11 is 0. The molecule has 0 saturated carbocycles. The molecule has 0 spiro atoms. The van der Waals surface area contributed by atoms with Gasteiger partial charge in [0.05, 0.1) is 13.2 Å². The Morgan fingerprint density at radius 1 is 1.10 bits per heavy atom. The first kappa shape index (κ1) is 16.0. The summed E-state index contributed by atoms with van der Waals surface area (Å²) in [5.74, 6) is 0.719. The van der Waals surface area contributed by atoms with E-state index in [0.717, 1.165) is 5.75 Å². The van der Waals surface area contributed by atoms with Crippen LogP contribution < -0.4 is 10.1 Å². The van der Waals surface area contributed by atoms with Gasteiger partial charge in [-0.2, -0.15) is 0 Å². The zero-order valence-corrected chi connectivity index (χ0v) is 11.7. The van der Waals surface area contributed by atoms with Crippen LogP contribution in [0.15, 0.2) is 24.3 Å². The lowest BCUT2D eigenvalue weighted by atomic mass is 9.98. The number of aliphatic hydroxyl groups excluding tert-OH is 4. The molecule has 118 valence electrons. The Morgan fingerprint density at radius 2 is 1.76 bits per heavy atom. The molecule has 1 aliphatic rings. The summed E-state index contributed by atoms with van der Waals surface area (Å²) in [6, 6.07) is 7.00. The van der Waals surface area contributed by atoms with Gasteiger partial charge in [-0.15, -0.1) is 0 Å². The highest BCUT2D eigenvalue weighted by Crippen LogP contribution is 2.24. The molecule has 1 heterocycles. The summed E-state index contributed by atoms with van der Waals surface area (Å²) in [6.07, 6.45) is -5.92. The van der Waals surface area contributed by atoms with E-state index in [4.69, 9.17) is 14.6 Å². The zero-order valence-electron chi connectivity index (χ0n) is 11.7. The molecule has 0 bridgehead atoms. The van der Waals surface area contributed by atoms with Gasteiger partial charge in [0.15, 0.2) is 6.23 Å². The van der Waals surface area contributed by atoms with E-state index in [1.54, 1.807) is 24.3 Å². The summed E-state index contributed by atoms with van der Waals surface area (Å²) < 4.78 is 10.7. The number of nitrogens with one attached hydrogen (secondary N) is 1. The Hall–Kier alpha value is -1.38. The van der Waals surface area contributed by atoms with Gasteiger partial charge in [0.1, 0.15) is 30.2 Å². The van der Waals surface area contributed by atoms with Crippen LogP contribution in [0.4, 0.5) is 5.69 Å². The Morgan fingerprint density at radius 3 is 2.33 bits per heavy atom. The quantitative estimate of drug-likeness (QED) is 0.489. The van der Waals surface area contributed by atoms with Crippen molar-refractivity contribution in [2.75, 3.05) is 18.5 Å². The normalized spacial score (nSPS) is 32.7. The lowest BCUT2D eigenvalue weighted by Gasteiger charge is -2.40. The van der Waals surface area contributed by atoms with Crippen molar-refractivity contribution in [1.82, 2.24) is 0 Å². The lowest BCUT2D eigenvalue weighted by molar-refractivity contribution is -0.221. The maximum atomic E-state index is 9.92. The van der Waals surface area contributed by atoms with Crippen LogP contribution in [0.1, 0.15) is 6.92 Å². The van der Waals surface area contributed by atoms with Crippen LogP contribution in [0.5, 0.6) is 5.75 Å². The fraction of sp³-hybridized carbons (Fsp3) is 0.571. The van der Waals surface area contributed by atoms with E-state index in [2.05, 4.69) is 5.32 Å². The highest BCUT2D eigenvalue weighted by atomic mass is 16.6. The summed E-state index contributed by atoms with van der Waals surface area (Å²) in [4.78, 5) is 0. The highest BCUT2D eigenvalue weighted by molar-refractivity contribution is 5.47. The van der Waals surface area contributed by atoms with Gasteiger partial charge in [0.25, 0.3) is 0 Å². The summed E-state index contributed by atoms with van der Waals surface area (Å²) in [7, 11) is 0. The lowest BCUT2D eigenvalue weighted by Crippen LogP contribution is -2.60. The first-order valence-electron chi connectivity index (χ1n) is 6.86. The highest BCUT2D eigenvalue weighted by Gasteiger charge is 2.43. The van der Waals surface area contributed by atoms with E-state index >= 15 is 0 Å². The zero-order chi connectivity index (χ0) is 15.4. The molecule has 1 aromatic carbocycles. The van der Waals surface area contributed by atoms with Crippen LogP contribution >= 0.6 is 0 Å². The second-order valence-corrected chi connectivity index (χ2v) is 4.85. The summed E-state index contributed by atoms with van der Waals surface area (Å²) in [6.45, 7) is 2.01. The number of hydrogen-bond donors (Lipinski definition) is 5. The molecular formula is C14H21NO6. The molecule has 7 nitrogen and oxygen atoms in total. The summed E-state index contributed by atoms with van der Waals surface area (Å²) in [5.41, 5.74) is 0.655. The van der Waals surface area contributed by atoms with E-state index in [1.807, 2.05) is 6.92 Å². The second-order valence-electron chi connectivity index (χ2n) is 4.85. The van der Waals surface area contributed by atoms with Crippen molar-refractivity contribution < 1.29 is 29.9 Å². The Labute approximate surface area is 122 Å². The predicted octanol–water partition coefficient (Wildman–Crippen LogP) is -0.703. The molecule has 0 aliphatic carbocycles. The van der Waals surface area contributed by atoms with E-state index in [-0.39, 0.29) is 0 Å². The van der Waals surface area contributed by atoms with E-state index < -0.39 is 37.3 Å². The molecule has 0 unspecified atom stereocenters. The minimum absolute atomic E-state index is 0.452. The molecule has 5 N–H and O–H groups in total. The average molecular weight is 299 g/mol. The minimum Gasteiger partial charge on any atom is -0.494 e. The number of benzene rings is 1. The minimum atomic E-state index is -1.39. The molecule has 0 aromatic heterocycles. The Bertz CT molecular complexity index is 438. The van der Waals surface area contributed by atoms with Gasteiger partial charge in [-0.1, -0.05) is 0 Å². The number of aliphatic hydroxyl groups is 4. The fourth-order valence-electron chi connectivity index (χ4n) is 2.20. The number of anilines is 1. The number of hydrogen-bond acceptors (Lipinski definition) is 7. The van der Waals surface area contributed by atoms with Crippen molar-refractivity contribution in [2.45, 2.75) is 37.6 Å². The standard InChI is InChI=1S/C14H21NO6/c1-2-20-9-5-3-8(4-6-9)15-14-13(19)12(18)11(17)10(7-16)21-14/h3-6,10-19H,2,7H2,1H3/t10-,11+,12+,13-,14-/m0/s1. The van der Waals surface area contributed by atoms with Gasteiger partial charge < -0.3 is 35.2 Å². The van der Waals surface area contributed by atoms with Gasteiger partial charge in [0, 0.05) is 5.69 Å². The molecule has 5 atom stereocenters.